The van der Waals surface area contributed by atoms with Crippen LogP contribution in [0.2, 0.25) is 0 Å². The molecule has 1 aromatic heterocycles. The minimum atomic E-state index is -5.79. The lowest BCUT2D eigenvalue weighted by atomic mass is 9.99. The molecular formula is C13H19FN5O11P3. The molecule has 184 valence electrons. The Balaban J connectivity index is 1.78. The largest absolute Gasteiger partial charge is 0.490 e. The fourth-order valence-electron chi connectivity index (χ4n) is 3.24. The maximum Gasteiger partial charge on any atom is 0.490 e. The second kappa shape index (κ2) is 8.48. The zero-order valence-corrected chi connectivity index (χ0v) is 19.1. The summed E-state index contributed by atoms with van der Waals surface area (Å²) < 4.78 is 62.4. The second-order valence-corrected chi connectivity index (χ2v) is 11.4. The van der Waals surface area contributed by atoms with Gasteiger partial charge in [0.2, 0.25) is 0 Å². The Hall–Kier alpha value is -1.74. The second-order valence-electron chi connectivity index (χ2n) is 6.94. The Kier molecular flexibility index (Phi) is 6.65. The standard InChI is InChI=1S/C13H19FN5O11P3/c1-6-8(19-5-16-10-7(2)17-12(15)18-11(10)19)3-9(20)13(6,14)4-28-32(24,25)30-33(26,27)29-31(21,22)23/h5,8-9,20H,1-4H2,(H,24,25)(H,26,27)(H3,15,17,18)(H2,21,22,23)/t8-,9-,13+/m0/s1. The minimum absolute atomic E-state index is 0.0161. The predicted octanol–water partition coefficient (Wildman–Crippen LogP) is 0.317. The van der Waals surface area contributed by atoms with E-state index in [1.54, 1.807) is 0 Å². The van der Waals surface area contributed by atoms with Crippen LogP contribution in [0.3, 0.4) is 0 Å². The van der Waals surface area contributed by atoms with Crippen molar-refractivity contribution < 1.29 is 55.9 Å². The van der Waals surface area contributed by atoms with E-state index in [9.17, 15) is 23.7 Å². The van der Waals surface area contributed by atoms with Crippen molar-refractivity contribution in [3.8, 4) is 0 Å². The van der Waals surface area contributed by atoms with Crippen LogP contribution < -0.4 is 11.1 Å². The highest BCUT2D eigenvalue weighted by Gasteiger charge is 2.54. The number of aliphatic hydroxyl groups excluding tert-OH is 1. The van der Waals surface area contributed by atoms with Gasteiger partial charge in [-0.05, 0) is 5.57 Å². The highest BCUT2D eigenvalue weighted by atomic mass is 31.3. The Morgan fingerprint density at radius 2 is 1.88 bits per heavy atom. The Morgan fingerprint density at radius 3 is 2.48 bits per heavy atom. The van der Waals surface area contributed by atoms with Crippen LogP contribution in [0.4, 0.5) is 10.2 Å². The molecule has 3 rings (SSSR count). The lowest BCUT2D eigenvalue weighted by Gasteiger charge is -2.26. The number of rotatable bonds is 8. The van der Waals surface area contributed by atoms with Crippen LogP contribution in [0, 0.1) is 0 Å². The number of nitrogens with two attached hydrogens (primary N) is 1. The van der Waals surface area contributed by atoms with E-state index in [-0.39, 0.29) is 23.8 Å². The Morgan fingerprint density at radius 1 is 1.24 bits per heavy atom. The molecule has 8 N–H and O–H groups in total. The number of hydrogen-bond acceptors (Lipinski definition) is 11. The molecule has 1 aliphatic heterocycles. The quantitative estimate of drug-likeness (QED) is 0.176. The summed E-state index contributed by atoms with van der Waals surface area (Å²) >= 11 is 0. The van der Waals surface area contributed by atoms with E-state index >= 15 is 4.39 Å². The first kappa shape index (κ1) is 25.9. The highest BCUT2D eigenvalue weighted by molar-refractivity contribution is 7.66. The first-order chi connectivity index (χ1) is 14.9. The lowest BCUT2D eigenvalue weighted by Crippen LogP contribution is -2.38. The van der Waals surface area contributed by atoms with E-state index in [4.69, 9.17) is 20.4 Å². The number of hydrogen-bond donors (Lipinski definition) is 7. The summed E-state index contributed by atoms with van der Waals surface area (Å²) in [5, 5.41) is 13.0. The molecule has 16 nitrogen and oxygen atoms in total. The average molecular weight is 533 g/mol. The van der Waals surface area contributed by atoms with Crippen LogP contribution in [0.5, 0.6) is 0 Å². The number of phosphoric acid groups is 3. The van der Waals surface area contributed by atoms with E-state index in [1.807, 2.05) is 0 Å². The van der Waals surface area contributed by atoms with Crippen molar-refractivity contribution in [2.45, 2.75) is 24.2 Å². The van der Waals surface area contributed by atoms with E-state index in [1.165, 1.54) is 10.9 Å². The molecule has 5 atom stereocenters. The number of imidazole rings is 1. The number of aliphatic hydroxyl groups is 1. The van der Waals surface area contributed by atoms with Crippen molar-refractivity contribution in [1.82, 2.24) is 14.9 Å². The summed E-state index contributed by atoms with van der Waals surface area (Å²) in [4.78, 5) is 44.0. The summed E-state index contributed by atoms with van der Waals surface area (Å²) in [5.74, 6) is 0.171. The molecule has 2 heterocycles. The summed E-state index contributed by atoms with van der Waals surface area (Å²) in [6.45, 7) is 5.92. The van der Waals surface area contributed by atoms with Crippen LogP contribution >= 0.6 is 23.5 Å². The topological polar surface area (TPSA) is 248 Å². The van der Waals surface area contributed by atoms with Crippen molar-refractivity contribution in [1.29, 1.82) is 0 Å². The molecule has 2 unspecified atom stereocenters. The van der Waals surface area contributed by atoms with Crippen LogP contribution in [0.25, 0.3) is 5.70 Å². The van der Waals surface area contributed by atoms with Gasteiger partial charge in [-0.2, -0.15) is 13.6 Å². The van der Waals surface area contributed by atoms with Crippen molar-refractivity contribution >= 4 is 40.9 Å². The third-order valence-corrected chi connectivity index (χ3v) is 8.44. The van der Waals surface area contributed by atoms with Gasteiger partial charge in [-0.1, -0.05) is 13.2 Å². The van der Waals surface area contributed by atoms with E-state index < -0.39 is 47.9 Å². The smallest absolute Gasteiger partial charge is 0.389 e. The molecule has 1 saturated carbocycles. The zero-order chi connectivity index (χ0) is 25.0. The molecule has 0 saturated heterocycles. The first-order valence-corrected chi connectivity index (χ1v) is 13.2. The number of aliphatic imine (C=N–C) groups is 1. The van der Waals surface area contributed by atoms with Crippen LogP contribution in [-0.4, -0.2) is 58.6 Å². The molecule has 0 aromatic carbocycles. The van der Waals surface area contributed by atoms with E-state index in [0.29, 0.717) is 11.4 Å². The number of nitrogens with zero attached hydrogens (tertiary/aromatic N) is 3. The van der Waals surface area contributed by atoms with Gasteiger partial charge in [0.1, 0.15) is 5.69 Å². The molecule has 0 spiro atoms. The number of aromatic nitrogens is 2. The fourth-order valence-corrected chi connectivity index (χ4v) is 6.29. The average Bonchev–Trinajstić information content (AvgIpc) is 3.12. The summed E-state index contributed by atoms with van der Waals surface area (Å²) in [7, 11) is -17.0. The van der Waals surface area contributed by atoms with Gasteiger partial charge in [-0.3, -0.25) is 4.52 Å². The van der Waals surface area contributed by atoms with E-state index in [2.05, 4.69) is 41.6 Å². The molecule has 0 radical (unpaired) electrons. The minimum Gasteiger partial charge on any atom is -0.389 e. The van der Waals surface area contributed by atoms with Gasteiger partial charge >= 0.3 is 23.5 Å². The van der Waals surface area contributed by atoms with Crippen molar-refractivity contribution in [2.24, 2.45) is 10.7 Å². The molecular weight excluding hydrogens is 514 g/mol. The molecule has 20 heteroatoms. The normalized spacial score (nSPS) is 29.1. The van der Waals surface area contributed by atoms with Gasteiger partial charge in [0.05, 0.1) is 30.8 Å². The van der Waals surface area contributed by atoms with Crippen LogP contribution in [0.1, 0.15) is 18.2 Å². The van der Waals surface area contributed by atoms with Gasteiger partial charge in [-0.15, -0.1) is 0 Å². The number of guanidine groups is 1. The third-order valence-electron chi connectivity index (χ3n) is 4.66. The first-order valence-electron chi connectivity index (χ1n) is 8.66. The SMILES string of the molecule is C=C1NC(N)=Nc2c1ncn2[C@H]1C[C@H](O)[C@@](F)(COP(=O)(O)OP(=O)(O)OP(=O)(O)O)C1=C. The number of halogens is 1. The van der Waals surface area contributed by atoms with Gasteiger partial charge in [-0.25, -0.2) is 23.1 Å². The molecule has 1 aliphatic carbocycles. The van der Waals surface area contributed by atoms with Gasteiger partial charge in [0.25, 0.3) is 0 Å². The molecule has 2 aliphatic rings. The summed E-state index contributed by atoms with van der Waals surface area (Å²) in [6, 6.07) is -0.965. The van der Waals surface area contributed by atoms with Crippen molar-refractivity contribution in [2.75, 3.05) is 6.61 Å². The number of phosphoric ester groups is 1. The van der Waals surface area contributed by atoms with Gasteiger partial charge in [0, 0.05) is 6.42 Å². The van der Waals surface area contributed by atoms with Gasteiger partial charge in [0.15, 0.2) is 17.4 Å². The number of alkyl halides is 1. The van der Waals surface area contributed by atoms with E-state index in [0.717, 1.165) is 0 Å². The molecule has 1 aromatic rings. The summed E-state index contributed by atoms with van der Waals surface area (Å²) in [5.41, 5.74) is 3.10. The molecule has 1 fully saturated rings. The van der Waals surface area contributed by atoms with Crippen molar-refractivity contribution in [3.05, 3.63) is 30.8 Å². The number of nitrogens with one attached hydrogen (secondary N) is 1. The fraction of sp³-hybridized carbons (Fsp3) is 0.385. The Labute approximate surface area is 184 Å². The van der Waals surface area contributed by atoms with Crippen molar-refractivity contribution in [3.63, 3.8) is 0 Å². The molecule has 33 heavy (non-hydrogen) atoms. The Bertz CT molecular complexity index is 1180. The molecule has 0 bridgehead atoms. The maximum atomic E-state index is 15.6. The monoisotopic (exact) mass is 533 g/mol. The lowest BCUT2D eigenvalue weighted by molar-refractivity contribution is -0.00237. The predicted molar refractivity (Wildman–Crippen MR) is 108 cm³/mol. The van der Waals surface area contributed by atoms with Crippen LogP contribution in [0.15, 0.2) is 30.1 Å². The van der Waals surface area contributed by atoms with Crippen LogP contribution in [-0.2, 0) is 26.8 Å². The van der Waals surface area contributed by atoms with Gasteiger partial charge < -0.3 is 40.3 Å². The maximum absolute atomic E-state index is 15.6. The summed E-state index contributed by atoms with van der Waals surface area (Å²) in [6.07, 6.45) is -0.852. The third kappa shape index (κ3) is 5.50. The zero-order valence-electron chi connectivity index (χ0n) is 16.4. The highest BCUT2D eigenvalue weighted by Crippen LogP contribution is 2.66. The number of fused-ring (bicyclic) bond motifs is 1. The molecule has 0 amide bonds.